The predicted octanol–water partition coefficient (Wildman–Crippen LogP) is 0.435. The number of nitrogens with zero attached hydrogens (tertiary/aromatic N) is 2. The summed E-state index contributed by atoms with van der Waals surface area (Å²) < 4.78 is 41.3. The number of aromatic nitrogens is 2. The molecule has 8 heteroatoms. The third kappa shape index (κ3) is 2.81. The lowest BCUT2D eigenvalue weighted by molar-refractivity contribution is -0.145. The van der Waals surface area contributed by atoms with Crippen LogP contribution in [0, 0.1) is 0 Å². The van der Waals surface area contributed by atoms with Crippen molar-refractivity contribution in [3.05, 3.63) is 28.2 Å². The highest BCUT2D eigenvalue weighted by Crippen LogP contribution is 2.26. The predicted molar refractivity (Wildman–Crippen MR) is 45.5 cm³/mol. The van der Waals surface area contributed by atoms with Crippen LogP contribution in [0.4, 0.5) is 13.2 Å². The molecule has 88 valence electrons. The molecule has 0 unspecified atom stereocenters. The minimum absolute atomic E-state index is 0.397. The Kier molecular flexibility index (Phi) is 3.31. The number of rotatable bonds is 2. The number of esters is 1. The number of halogens is 3. The first kappa shape index (κ1) is 12.2. The summed E-state index contributed by atoms with van der Waals surface area (Å²) >= 11 is 0. The molecular formula is C8H7F3N2O3. The van der Waals surface area contributed by atoms with Gasteiger partial charge in [-0.3, -0.25) is 9.59 Å². The molecule has 0 N–H and O–H groups in total. The molecular weight excluding hydrogens is 229 g/mol. The van der Waals surface area contributed by atoms with Crippen LogP contribution in [0.15, 0.2) is 16.9 Å². The molecule has 0 bridgehead atoms. The highest BCUT2D eigenvalue weighted by Gasteiger charge is 2.33. The Labute approximate surface area is 87.4 Å². The number of carbonyl (C=O) groups excluding carboxylic acids is 1. The second-order valence-electron chi connectivity index (χ2n) is 2.79. The first-order valence-electron chi connectivity index (χ1n) is 4.07. The van der Waals surface area contributed by atoms with Gasteiger partial charge in [-0.1, -0.05) is 0 Å². The van der Waals surface area contributed by atoms with E-state index in [-0.39, 0.29) is 0 Å². The van der Waals surface area contributed by atoms with Crippen LogP contribution in [0.25, 0.3) is 0 Å². The molecule has 0 aromatic carbocycles. The molecule has 1 aromatic heterocycles. The lowest BCUT2D eigenvalue weighted by Gasteiger charge is -2.07. The Morgan fingerprint density at radius 1 is 1.50 bits per heavy atom. The van der Waals surface area contributed by atoms with Crippen LogP contribution < -0.4 is 5.56 Å². The Bertz CT molecular complexity index is 453. The maximum Gasteiger partial charge on any atom is 0.435 e. The minimum atomic E-state index is -4.66. The van der Waals surface area contributed by atoms with Gasteiger partial charge in [-0.05, 0) is 6.07 Å². The van der Waals surface area contributed by atoms with Crippen molar-refractivity contribution < 1.29 is 22.7 Å². The average molecular weight is 236 g/mol. The lowest BCUT2D eigenvalue weighted by Crippen LogP contribution is -2.29. The molecule has 0 atom stereocenters. The highest BCUT2D eigenvalue weighted by atomic mass is 19.4. The van der Waals surface area contributed by atoms with E-state index in [9.17, 15) is 22.8 Å². The van der Waals surface area contributed by atoms with Crippen LogP contribution in [0.3, 0.4) is 0 Å². The van der Waals surface area contributed by atoms with Crippen molar-refractivity contribution in [2.45, 2.75) is 12.7 Å². The maximum atomic E-state index is 12.2. The molecule has 0 fully saturated rings. The molecule has 0 aliphatic rings. The van der Waals surface area contributed by atoms with Crippen molar-refractivity contribution in [2.24, 2.45) is 0 Å². The fourth-order valence-electron chi connectivity index (χ4n) is 0.900. The molecule has 0 saturated heterocycles. The first-order valence-corrected chi connectivity index (χ1v) is 4.07. The topological polar surface area (TPSA) is 61.2 Å². The zero-order valence-electron chi connectivity index (χ0n) is 8.11. The van der Waals surface area contributed by atoms with Crippen LogP contribution in [0.1, 0.15) is 5.69 Å². The van der Waals surface area contributed by atoms with Gasteiger partial charge in [0.05, 0.1) is 7.11 Å². The van der Waals surface area contributed by atoms with Crippen molar-refractivity contribution >= 4 is 5.97 Å². The molecule has 0 spiro atoms. The van der Waals surface area contributed by atoms with E-state index in [1.165, 1.54) is 0 Å². The molecule has 0 aliphatic heterocycles. The monoisotopic (exact) mass is 236 g/mol. The Hall–Kier alpha value is -1.86. The lowest BCUT2D eigenvalue weighted by atomic mass is 10.4. The van der Waals surface area contributed by atoms with Crippen molar-refractivity contribution in [3.8, 4) is 0 Å². The van der Waals surface area contributed by atoms with Crippen LogP contribution in [-0.2, 0) is 22.3 Å². The van der Waals surface area contributed by atoms with Gasteiger partial charge in [0.2, 0.25) is 0 Å². The van der Waals surface area contributed by atoms with Gasteiger partial charge in [-0.2, -0.15) is 18.3 Å². The summed E-state index contributed by atoms with van der Waals surface area (Å²) in [6.07, 6.45) is -4.66. The number of methoxy groups -OCH3 is 1. The van der Waals surface area contributed by atoms with E-state index >= 15 is 0 Å². The van der Waals surface area contributed by atoms with E-state index in [0.29, 0.717) is 16.8 Å². The van der Waals surface area contributed by atoms with E-state index < -0.39 is 29.9 Å². The molecule has 0 saturated carbocycles. The van der Waals surface area contributed by atoms with Gasteiger partial charge in [-0.25, -0.2) is 4.68 Å². The largest absolute Gasteiger partial charge is 0.468 e. The molecule has 0 amide bonds. The van der Waals surface area contributed by atoms with Gasteiger partial charge >= 0.3 is 12.1 Å². The summed E-state index contributed by atoms with van der Waals surface area (Å²) in [5, 5.41) is 3.01. The van der Waals surface area contributed by atoms with Crippen LogP contribution >= 0.6 is 0 Å². The number of hydrogen-bond donors (Lipinski definition) is 0. The fourth-order valence-corrected chi connectivity index (χ4v) is 0.900. The smallest absolute Gasteiger partial charge is 0.435 e. The molecule has 16 heavy (non-hydrogen) atoms. The van der Waals surface area contributed by atoms with Gasteiger partial charge < -0.3 is 4.74 Å². The first-order chi connectivity index (χ1) is 7.34. The van der Waals surface area contributed by atoms with Crippen LogP contribution in [0.5, 0.6) is 0 Å². The van der Waals surface area contributed by atoms with E-state index in [2.05, 4.69) is 9.84 Å². The molecule has 5 nitrogen and oxygen atoms in total. The number of ether oxygens (including phenoxy) is 1. The van der Waals surface area contributed by atoms with Gasteiger partial charge in [0.1, 0.15) is 6.54 Å². The standard InChI is InChI=1S/C8H7F3N2O3/c1-16-7(15)4-13-6(14)3-2-5(12-13)8(9,10)11/h2-3H,4H2,1H3. The van der Waals surface area contributed by atoms with E-state index in [4.69, 9.17) is 0 Å². The summed E-state index contributed by atoms with van der Waals surface area (Å²) in [6.45, 7) is -0.654. The number of hydrogen-bond acceptors (Lipinski definition) is 4. The summed E-state index contributed by atoms with van der Waals surface area (Å²) in [5.74, 6) is -0.853. The van der Waals surface area contributed by atoms with Crippen molar-refractivity contribution in [1.29, 1.82) is 0 Å². The second kappa shape index (κ2) is 4.33. The SMILES string of the molecule is COC(=O)Cn1nc(C(F)(F)F)ccc1=O. The third-order valence-electron chi connectivity index (χ3n) is 1.66. The van der Waals surface area contributed by atoms with Gasteiger partial charge in [0.25, 0.3) is 5.56 Å². The maximum absolute atomic E-state index is 12.2. The molecule has 1 rings (SSSR count). The highest BCUT2D eigenvalue weighted by molar-refractivity contribution is 5.68. The summed E-state index contributed by atoms with van der Waals surface area (Å²) in [6, 6.07) is 1.24. The van der Waals surface area contributed by atoms with E-state index in [1.807, 2.05) is 0 Å². The summed E-state index contributed by atoms with van der Waals surface area (Å²) in [5.41, 5.74) is -2.05. The number of alkyl halides is 3. The van der Waals surface area contributed by atoms with Gasteiger partial charge in [-0.15, -0.1) is 0 Å². The van der Waals surface area contributed by atoms with Crippen molar-refractivity contribution in [3.63, 3.8) is 0 Å². The van der Waals surface area contributed by atoms with E-state index in [0.717, 1.165) is 7.11 Å². The third-order valence-corrected chi connectivity index (χ3v) is 1.66. The number of carbonyl (C=O) groups is 1. The zero-order chi connectivity index (χ0) is 12.3. The van der Waals surface area contributed by atoms with Crippen LogP contribution in [0.2, 0.25) is 0 Å². The van der Waals surface area contributed by atoms with Gasteiger partial charge in [0.15, 0.2) is 5.69 Å². The van der Waals surface area contributed by atoms with Crippen LogP contribution in [-0.4, -0.2) is 22.9 Å². The minimum Gasteiger partial charge on any atom is -0.468 e. The Balaban J connectivity index is 3.09. The molecule has 0 aliphatic carbocycles. The van der Waals surface area contributed by atoms with E-state index in [1.54, 1.807) is 0 Å². The normalized spacial score (nSPS) is 11.2. The summed E-state index contributed by atoms with van der Waals surface area (Å²) in [4.78, 5) is 21.9. The molecule has 0 radical (unpaired) electrons. The molecule has 1 heterocycles. The summed E-state index contributed by atoms with van der Waals surface area (Å²) in [7, 11) is 1.06. The Morgan fingerprint density at radius 2 is 2.12 bits per heavy atom. The quantitative estimate of drug-likeness (QED) is 0.699. The zero-order valence-corrected chi connectivity index (χ0v) is 8.11. The molecule has 1 aromatic rings. The average Bonchev–Trinajstić information content (AvgIpc) is 2.19. The second-order valence-corrected chi connectivity index (χ2v) is 2.79. The van der Waals surface area contributed by atoms with Crippen molar-refractivity contribution in [1.82, 2.24) is 9.78 Å². The van der Waals surface area contributed by atoms with Gasteiger partial charge in [0, 0.05) is 6.07 Å². The van der Waals surface area contributed by atoms with Crippen molar-refractivity contribution in [2.75, 3.05) is 7.11 Å². The fraction of sp³-hybridized carbons (Fsp3) is 0.375. The Morgan fingerprint density at radius 3 is 2.62 bits per heavy atom.